The van der Waals surface area contributed by atoms with Crippen LogP contribution in [0, 0.1) is 0 Å². The Morgan fingerprint density at radius 2 is 1.64 bits per heavy atom. The van der Waals surface area contributed by atoms with E-state index in [4.69, 9.17) is 9.05 Å². The molecule has 0 bridgehead atoms. The van der Waals surface area contributed by atoms with Gasteiger partial charge >= 0.3 is 7.60 Å². The number of aryl methyl sites for hydroxylation is 1. The molecule has 0 radical (unpaired) electrons. The summed E-state index contributed by atoms with van der Waals surface area (Å²) >= 11 is 0. The molecule has 4 heteroatoms. The van der Waals surface area contributed by atoms with E-state index >= 15 is 0 Å². The molecule has 2 aromatic carbocycles. The van der Waals surface area contributed by atoms with Crippen LogP contribution in [0.3, 0.4) is 0 Å². The first-order valence-corrected chi connectivity index (χ1v) is 10.3. The summed E-state index contributed by atoms with van der Waals surface area (Å²) in [5.74, 6) is 2.36. The third-order valence-electron chi connectivity index (χ3n) is 4.01. The van der Waals surface area contributed by atoms with Crippen LogP contribution in [0.2, 0.25) is 0 Å². The lowest BCUT2D eigenvalue weighted by Crippen LogP contribution is -2.01. The maximum atomic E-state index is 12.9. The van der Waals surface area contributed by atoms with Gasteiger partial charge < -0.3 is 4.52 Å². The molecular weight excluding hydrogens is 331 g/mol. The number of allylic oxidation sites excluding steroid dienone is 3. The fourth-order valence-electron chi connectivity index (χ4n) is 2.86. The SMILES string of the molecule is CCOP1(=O)C=C(c2ccccc2)C=C(CCCc2ccccc2)O1. The third-order valence-corrected chi connectivity index (χ3v) is 5.71. The molecule has 0 N–H and O–H groups in total. The van der Waals surface area contributed by atoms with Crippen molar-refractivity contribution < 1.29 is 13.6 Å². The van der Waals surface area contributed by atoms with Gasteiger partial charge in [0, 0.05) is 12.2 Å². The predicted molar refractivity (Wildman–Crippen MR) is 102 cm³/mol. The van der Waals surface area contributed by atoms with Crippen LogP contribution >= 0.6 is 7.60 Å². The first kappa shape index (κ1) is 17.7. The van der Waals surface area contributed by atoms with Crippen molar-refractivity contribution in [2.75, 3.05) is 6.61 Å². The maximum absolute atomic E-state index is 12.9. The molecule has 130 valence electrons. The van der Waals surface area contributed by atoms with Crippen molar-refractivity contribution in [1.82, 2.24) is 0 Å². The molecule has 0 fully saturated rings. The van der Waals surface area contributed by atoms with Crippen LogP contribution in [0.15, 0.2) is 78.3 Å². The van der Waals surface area contributed by atoms with Crippen molar-refractivity contribution in [3.8, 4) is 0 Å². The average molecular weight is 354 g/mol. The lowest BCUT2D eigenvalue weighted by molar-refractivity contribution is 0.252. The fourth-order valence-corrected chi connectivity index (χ4v) is 4.43. The van der Waals surface area contributed by atoms with E-state index < -0.39 is 7.60 Å². The van der Waals surface area contributed by atoms with Gasteiger partial charge in [0.2, 0.25) is 0 Å². The van der Waals surface area contributed by atoms with Crippen molar-refractivity contribution in [2.24, 2.45) is 0 Å². The zero-order valence-corrected chi connectivity index (χ0v) is 15.3. The topological polar surface area (TPSA) is 35.5 Å². The fraction of sp³-hybridized carbons (Fsp3) is 0.238. The Hall–Kier alpha value is -2.09. The summed E-state index contributed by atoms with van der Waals surface area (Å²) in [6.07, 6.45) is 4.61. The first-order valence-electron chi connectivity index (χ1n) is 8.65. The van der Waals surface area contributed by atoms with Crippen LogP contribution < -0.4 is 0 Å². The van der Waals surface area contributed by atoms with Gasteiger partial charge in [0.05, 0.1) is 6.61 Å². The van der Waals surface area contributed by atoms with Gasteiger partial charge in [-0.05, 0) is 42.5 Å². The highest BCUT2D eigenvalue weighted by Crippen LogP contribution is 2.56. The molecule has 3 nitrogen and oxygen atoms in total. The van der Waals surface area contributed by atoms with Gasteiger partial charge in [-0.2, -0.15) is 0 Å². The van der Waals surface area contributed by atoms with Crippen molar-refractivity contribution in [3.63, 3.8) is 0 Å². The van der Waals surface area contributed by atoms with E-state index in [0.29, 0.717) is 6.61 Å². The molecule has 25 heavy (non-hydrogen) atoms. The smallest absolute Gasteiger partial charge is 0.403 e. The minimum atomic E-state index is -3.23. The van der Waals surface area contributed by atoms with Gasteiger partial charge in [-0.1, -0.05) is 60.7 Å². The summed E-state index contributed by atoms with van der Waals surface area (Å²) in [6.45, 7) is 2.18. The largest absolute Gasteiger partial charge is 0.426 e. The molecule has 1 unspecified atom stereocenters. The molecule has 2 aromatic rings. The number of hydrogen-bond donors (Lipinski definition) is 0. The Morgan fingerprint density at radius 3 is 2.32 bits per heavy atom. The average Bonchev–Trinajstić information content (AvgIpc) is 2.63. The second-order valence-corrected chi connectivity index (χ2v) is 7.73. The molecule has 1 aliphatic heterocycles. The van der Waals surface area contributed by atoms with E-state index in [2.05, 4.69) is 12.1 Å². The zero-order valence-electron chi connectivity index (χ0n) is 14.4. The minimum Gasteiger partial charge on any atom is -0.426 e. The summed E-state index contributed by atoms with van der Waals surface area (Å²) < 4.78 is 24.1. The van der Waals surface area contributed by atoms with Crippen molar-refractivity contribution >= 4 is 13.2 Å². The highest BCUT2D eigenvalue weighted by atomic mass is 31.2. The van der Waals surface area contributed by atoms with Crippen LogP contribution in [-0.2, 0) is 20.0 Å². The van der Waals surface area contributed by atoms with Crippen molar-refractivity contribution in [2.45, 2.75) is 26.2 Å². The van der Waals surface area contributed by atoms with Crippen molar-refractivity contribution in [1.29, 1.82) is 0 Å². The summed E-state index contributed by atoms with van der Waals surface area (Å²) in [6, 6.07) is 20.3. The molecule has 0 amide bonds. The monoisotopic (exact) mass is 354 g/mol. The van der Waals surface area contributed by atoms with Gasteiger partial charge in [-0.15, -0.1) is 0 Å². The quantitative estimate of drug-likeness (QED) is 0.556. The van der Waals surface area contributed by atoms with E-state index in [-0.39, 0.29) is 0 Å². The van der Waals surface area contributed by atoms with E-state index in [1.54, 1.807) is 5.82 Å². The Morgan fingerprint density at radius 1 is 0.960 bits per heavy atom. The van der Waals surface area contributed by atoms with E-state index in [9.17, 15) is 4.57 Å². The molecular formula is C21H23O3P. The van der Waals surface area contributed by atoms with Gasteiger partial charge in [-0.25, -0.2) is 4.57 Å². The molecule has 1 atom stereocenters. The summed E-state index contributed by atoms with van der Waals surface area (Å²) in [5.41, 5.74) is 3.22. The maximum Gasteiger partial charge on any atom is 0.403 e. The van der Waals surface area contributed by atoms with Crippen molar-refractivity contribution in [3.05, 3.63) is 89.4 Å². The van der Waals surface area contributed by atoms with Gasteiger partial charge in [0.1, 0.15) is 5.76 Å². The van der Waals surface area contributed by atoms with E-state index in [1.807, 2.05) is 61.5 Å². The third kappa shape index (κ3) is 4.94. The first-order chi connectivity index (χ1) is 12.2. The minimum absolute atomic E-state index is 0.354. The Bertz CT molecular complexity index is 794. The van der Waals surface area contributed by atoms with Crippen LogP contribution in [0.1, 0.15) is 30.9 Å². The molecule has 0 aliphatic carbocycles. The van der Waals surface area contributed by atoms with Gasteiger partial charge in [0.15, 0.2) is 0 Å². The van der Waals surface area contributed by atoms with Crippen LogP contribution in [0.25, 0.3) is 5.57 Å². The molecule has 1 aliphatic rings. The molecule has 0 saturated heterocycles. The van der Waals surface area contributed by atoms with Gasteiger partial charge in [0.25, 0.3) is 0 Å². The molecule has 0 saturated carbocycles. The molecule has 0 spiro atoms. The van der Waals surface area contributed by atoms with Crippen LogP contribution in [0.4, 0.5) is 0 Å². The number of rotatable bonds is 7. The molecule has 3 rings (SSSR count). The second-order valence-electron chi connectivity index (χ2n) is 5.95. The Kier molecular flexibility index (Phi) is 5.91. The Labute approximate surface area is 149 Å². The van der Waals surface area contributed by atoms with Crippen LogP contribution in [0.5, 0.6) is 0 Å². The standard InChI is InChI=1S/C21H23O3P/c1-2-23-25(22)17-20(19-13-7-4-8-14-19)16-21(24-25)15-9-12-18-10-5-3-6-11-18/h3-8,10-11,13-14,16-17H,2,9,12,15H2,1H3. The van der Waals surface area contributed by atoms with E-state index in [1.165, 1.54) is 5.56 Å². The lowest BCUT2D eigenvalue weighted by Gasteiger charge is -2.23. The molecule has 0 aromatic heterocycles. The summed E-state index contributed by atoms with van der Waals surface area (Å²) in [4.78, 5) is 0. The zero-order chi connectivity index (χ0) is 17.5. The Balaban J connectivity index is 1.75. The predicted octanol–water partition coefficient (Wildman–Crippen LogP) is 6.19. The number of hydrogen-bond acceptors (Lipinski definition) is 3. The summed E-state index contributed by atoms with van der Waals surface area (Å²) in [7, 11) is -3.23. The summed E-state index contributed by atoms with van der Waals surface area (Å²) in [5, 5.41) is 0. The molecule has 1 heterocycles. The highest BCUT2D eigenvalue weighted by Gasteiger charge is 2.28. The number of benzene rings is 2. The lowest BCUT2D eigenvalue weighted by atomic mass is 10.0. The van der Waals surface area contributed by atoms with E-state index in [0.717, 1.165) is 36.2 Å². The van der Waals surface area contributed by atoms with Crippen LogP contribution in [-0.4, -0.2) is 6.61 Å². The normalized spacial score (nSPS) is 19.7. The second kappa shape index (κ2) is 8.33. The highest BCUT2D eigenvalue weighted by molar-refractivity contribution is 7.57. The van der Waals surface area contributed by atoms with Gasteiger partial charge in [-0.3, -0.25) is 4.52 Å².